The largest absolute Gasteiger partial charge is 0.493 e. The van der Waals surface area contributed by atoms with E-state index in [0.717, 1.165) is 15.6 Å². The molecular weight excluding hydrogens is 454 g/mol. The summed E-state index contributed by atoms with van der Waals surface area (Å²) in [4.78, 5) is 12.4. The Balaban J connectivity index is 1.86. The predicted molar refractivity (Wildman–Crippen MR) is 117 cm³/mol. The first-order valence-corrected chi connectivity index (χ1v) is 9.71. The molecule has 0 aliphatic carbocycles. The van der Waals surface area contributed by atoms with Crippen molar-refractivity contribution in [3.8, 4) is 17.6 Å². The van der Waals surface area contributed by atoms with E-state index in [4.69, 9.17) is 21.1 Å². The molecule has 0 amide bonds. The van der Waals surface area contributed by atoms with Crippen LogP contribution in [-0.4, -0.2) is 13.1 Å². The Kier molecular flexibility index (Phi) is 6.71. The third-order valence-corrected chi connectivity index (χ3v) is 4.84. The number of carbonyl (C=O) groups excluding carboxylic acids is 1. The van der Waals surface area contributed by atoms with Crippen molar-refractivity contribution in [2.24, 2.45) is 0 Å². The molecule has 144 valence electrons. The molecule has 6 heteroatoms. The number of benzene rings is 3. The normalized spacial score (nSPS) is 10.9. The lowest BCUT2D eigenvalue weighted by Gasteiger charge is -2.10. The Morgan fingerprint density at radius 1 is 1.00 bits per heavy atom. The van der Waals surface area contributed by atoms with E-state index in [-0.39, 0.29) is 0 Å². The summed E-state index contributed by atoms with van der Waals surface area (Å²) in [5.41, 5.74) is 2.38. The number of rotatable bonds is 5. The standard InChI is InChI=1S/C23H15BrClNO3/c1-28-22-13-15(12-18(14-26)16-5-9-20(25)10-6-16)2-11-21(22)29-23(27)17-3-7-19(24)8-4-17/h2-13H,1H3/b18-12+. The number of carbonyl (C=O) groups is 1. The van der Waals surface area contributed by atoms with Crippen molar-refractivity contribution in [3.05, 3.63) is 92.9 Å². The summed E-state index contributed by atoms with van der Waals surface area (Å²) in [7, 11) is 1.49. The quantitative estimate of drug-likeness (QED) is 0.188. The zero-order valence-electron chi connectivity index (χ0n) is 15.4. The minimum Gasteiger partial charge on any atom is -0.493 e. The highest BCUT2D eigenvalue weighted by Crippen LogP contribution is 2.31. The maximum Gasteiger partial charge on any atom is 0.343 e. The zero-order valence-corrected chi connectivity index (χ0v) is 17.7. The van der Waals surface area contributed by atoms with Crippen molar-refractivity contribution in [2.45, 2.75) is 0 Å². The van der Waals surface area contributed by atoms with Crippen LogP contribution in [0.25, 0.3) is 11.6 Å². The van der Waals surface area contributed by atoms with Gasteiger partial charge in [-0.3, -0.25) is 0 Å². The maximum atomic E-state index is 12.4. The second-order valence-corrected chi connectivity index (χ2v) is 7.34. The smallest absolute Gasteiger partial charge is 0.343 e. The van der Waals surface area contributed by atoms with Gasteiger partial charge in [0.25, 0.3) is 0 Å². The molecule has 3 rings (SSSR count). The van der Waals surface area contributed by atoms with Gasteiger partial charge >= 0.3 is 5.97 Å². The molecule has 0 fully saturated rings. The van der Waals surface area contributed by atoms with Gasteiger partial charge in [-0.15, -0.1) is 0 Å². The van der Waals surface area contributed by atoms with Crippen molar-refractivity contribution < 1.29 is 14.3 Å². The lowest BCUT2D eigenvalue weighted by molar-refractivity contribution is 0.0729. The molecule has 0 saturated carbocycles. The molecule has 0 bridgehead atoms. The number of hydrogen-bond donors (Lipinski definition) is 0. The van der Waals surface area contributed by atoms with Crippen LogP contribution in [-0.2, 0) is 0 Å². The number of nitrogens with zero attached hydrogens (tertiary/aromatic N) is 1. The molecule has 0 unspecified atom stereocenters. The monoisotopic (exact) mass is 467 g/mol. The number of ether oxygens (including phenoxy) is 2. The first-order valence-electron chi connectivity index (χ1n) is 8.53. The Morgan fingerprint density at radius 3 is 2.28 bits per heavy atom. The Hall–Kier alpha value is -3.07. The molecule has 3 aromatic rings. The van der Waals surface area contributed by atoms with E-state index in [1.54, 1.807) is 72.8 Å². The van der Waals surface area contributed by atoms with Gasteiger partial charge in [0, 0.05) is 9.50 Å². The molecule has 0 N–H and O–H groups in total. The Labute approximate surface area is 182 Å². The fraction of sp³-hybridized carbons (Fsp3) is 0.0435. The average Bonchev–Trinajstić information content (AvgIpc) is 2.74. The van der Waals surface area contributed by atoms with Crippen LogP contribution < -0.4 is 9.47 Å². The molecule has 0 aliphatic heterocycles. The van der Waals surface area contributed by atoms with E-state index in [2.05, 4.69) is 22.0 Å². The topological polar surface area (TPSA) is 59.3 Å². The molecule has 0 aliphatic rings. The van der Waals surface area contributed by atoms with Crippen LogP contribution in [0.1, 0.15) is 21.5 Å². The van der Waals surface area contributed by atoms with Crippen LogP contribution in [0.2, 0.25) is 5.02 Å². The number of allylic oxidation sites excluding steroid dienone is 1. The molecular formula is C23H15BrClNO3. The maximum absolute atomic E-state index is 12.4. The number of esters is 1. The van der Waals surface area contributed by atoms with Crippen molar-refractivity contribution in [2.75, 3.05) is 7.11 Å². The summed E-state index contributed by atoms with van der Waals surface area (Å²) in [5, 5.41) is 10.1. The lowest BCUT2D eigenvalue weighted by atomic mass is 10.0. The van der Waals surface area contributed by atoms with Crippen LogP contribution in [0.5, 0.6) is 11.5 Å². The van der Waals surface area contributed by atoms with E-state index in [1.165, 1.54) is 7.11 Å². The van der Waals surface area contributed by atoms with E-state index in [0.29, 0.717) is 27.7 Å². The average molecular weight is 469 g/mol. The van der Waals surface area contributed by atoms with Gasteiger partial charge in [-0.1, -0.05) is 45.7 Å². The van der Waals surface area contributed by atoms with E-state index in [9.17, 15) is 10.1 Å². The lowest BCUT2D eigenvalue weighted by Crippen LogP contribution is -2.09. The van der Waals surface area contributed by atoms with Crippen LogP contribution >= 0.6 is 27.5 Å². The number of methoxy groups -OCH3 is 1. The van der Waals surface area contributed by atoms with E-state index >= 15 is 0 Å². The molecule has 0 heterocycles. The summed E-state index contributed by atoms with van der Waals surface area (Å²) in [6, 6.07) is 21.2. The molecule has 0 radical (unpaired) electrons. The Bertz CT molecular complexity index is 1100. The second kappa shape index (κ2) is 9.42. The fourth-order valence-electron chi connectivity index (χ4n) is 2.58. The molecule has 0 saturated heterocycles. The minimum absolute atomic E-state index is 0.294. The molecule has 29 heavy (non-hydrogen) atoms. The van der Waals surface area contributed by atoms with Crippen LogP contribution in [0, 0.1) is 11.3 Å². The third-order valence-electron chi connectivity index (χ3n) is 4.06. The molecule has 0 spiro atoms. The van der Waals surface area contributed by atoms with Gasteiger partial charge in [0.1, 0.15) is 0 Å². The van der Waals surface area contributed by atoms with Crippen molar-refractivity contribution in [3.63, 3.8) is 0 Å². The highest BCUT2D eigenvalue weighted by molar-refractivity contribution is 9.10. The van der Waals surface area contributed by atoms with E-state index < -0.39 is 5.97 Å². The van der Waals surface area contributed by atoms with Gasteiger partial charge in [0.05, 0.1) is 24.3 Å². The third kappa shape index (κ3) is 5.26. The molecule has 0 aromatic heterocycles. The molecule has 4 nitrogen and oxygen atoms in total. The van der Waals surface area contributed by atoms with Gasteiger partial charge in [-0.05, 0) is 65.7 Å². The van der Waals surface area contributed by atoms with Crippen LogP contribution in [0.4, 0.5) is 0 Å². The minimum atomic E-state index is -0.488. The predicted octanol–water partition coefficient (Wildman–Crippen LogP) is 6.39. The van der Waals surface area contributed by atoms with Crippen molar-refractivity contribution in [1.29, 1.82) is 5.26 Å². The summed E-state index contributed by atoms with van der Waals surface area (Å²) in [6.07, 6.45) is 1.73. The van der Waals surface area contributed by atoms with Crippen LogP contribution in [0.15, 0.2) is 71.2 Å². The van der Waals surface area contributed by atoms with Gasteiger partial charge in [0.15, 0.2) is 11.5 Å². The summed E-state index contributed by atoms with van der Waals surface area (Å²) in [6.45, 7) is 0. The first kappa shape index (κ1) is 20.7. The van der Waals surface area contributed by atoms with Gasteiger partial charge < -0.3 is 9.47 Å². The van der Waals surface area contributed by atoms with Gasteiger partial charge in [-0.25, -0.2) is 4.79 Å². The second-order valence-electron chi connectivity index (χ2n) is 5.98. The highest BCUT2D eigenvalue weighted by atomic mass is 79.9. The van der Waals surface area contributed by atoms with E-state index in [1.807, 2.05) is 0 Å². The number of nitriles is 1. The fourth-order valence-corrected chi connectivity index (χ4v) is 2.97. The van der Waals surface area contributed by atoms with Crippen molar-refractivity contribution in [1.82, 2.24) is 0 Å². The molecule has 3 aromatic carbocycles. The van der Waals surface area contributed by atoms with Gasteiger partial charge in [0.2, 0.25) is 0 Å². The first-order chi connectivity index (χ1) is 14.0. The SMILES string of the molecule is COc1cc(/C=C(\C#N)c2ccc(Cl)cc2)ccc1OC(=O)c1ccc(Br)cc1. The van der Waals surface area contributed by atoms with Gasteiger partial charge in [-0.2, -0.15) is 5.26 Å². The van der Waals surface area contributed by atoms with Crippen molar-refractivity contribution >= 4 is 45.1 Å². The zero-order chi connectivity index (χ0) is 20.8. The van der Waals surface area contributed by atoms with Crippen LogP contribution in [0.3, 0.4) is 0 Å². The summed E-state index contributed by atoms with van der Waals surface area (Å²) >= 11 is 9.24. The molecule has 0 atom stereocenters. The number of hydrogen-bond acceptors (Lipinski definition) is 4. The summed E-state index contributed by atoms with van der Waals surface area (Å²) in [5.74, 6) is 0.193. The number of halogens is 2. The summed E-state index contributed by atoms with van der Waals surface area (Å²) < 4.78 is 11.7. The Morgan fingerprint density at radius 2 is 1.66 bits per heavy atom. The highest BCUT2D eigenvalue weighted by Gasteiger charge is 2.13.